The highest BCUT2D eigenvalue weighted by molar-refractivity contribution is 5.99. The van der Waals surface area contributed by atoms with Crippen LogP contribution in [0.3, 0.4) is 0 Å². The lowest BCUT2D eigenvalue weighted by Gasteiger charge is -2.36. The zero-order valence-corrected chi connectivity index (χ0v) is 33.1. The molecule has 5 amide bonds. The molecule has 3 atom stereocenters. The zero-order chi connectivity index (χ0) is 40.3. The second kappa shape index (κ2) is 19.9. The van der Waals surface area contributed by atoms with Gasteiger partial charge in [-0.15, -0.1) is 0 Å². The average Bonchev–Trinajstić information content (AvgIpc) is 3.92. The molecule has 1 aromatic heterocycles. The standard InChI is InChI=1S/C41H56N6O10/c1-3-4-21-55-41(53)46-19-17-45(18-20-46)40(52)31(14-15-37(49)57-25-29-10-7-22-54-29)44-38(50)33-24-35(30-13-12-27(2)23-32(30)43-33)56-26-36(48)47-16-6-11-34(47)39(51)42-28-8-5-9-28/h12-13,23-24,28-29,31,34H,3-11,14-22,25-26H2,1-2H3,(H,42,51)(H,44,50). The number of rotatable bonds is 16. The van der Waals surface area contributed by atoms with Crippen LogP contribution < -0.4 is 15.4 Å². The number of carbonyl (C=O) groups is 6. The van der Waals surface area contributed by atoms with Gasteiger partial charge in [-0.05, 0) is 82.4 Å². The minimum atomic E-state index is -1.12. The molecule has 0 spiro atoms. The Morgan fingerprint density at radius 2 is 1.72 bits per heavy atom. The van der Waals surface area contributed by atoms with E-state index >= 15 is 0 Å². The normalized spacial score (nSPS) is 20.1. The molecule has 4 heterocycles. The van der Waals surface area contributed by atoms with Gasteiger partial charge in [-0.25, -0.2) is 9.78 Å². The third-order valence-corrected chi connectivity index (χ3v) is 11.1. The number of ether oxygens (including phenoxy) is 4. The maximum Gasteiger partial charge on any atom is 0.409 e. The van der Waals surface area contributed by atoms with Gasteiger partial charge >= 0.3 is 12.1 Å². The number of likely N-dealkylation sites (tertiary alicyclic amines) is 1. The van der Waals surface area contributed by atoms with Crippen molar-refractivity contribution in [3.8, 4) is 5.75 Å². The molecule has 0 bridgehead atoms. The van der Waals surface area contributed by atoms with Gasteiger partial charge in [-0.1, -0.05) is 19.4 Å². The van der Waals surface area contributed by atoms with Gasteiger partial charge in [0.05, 0.1) is 18.2 Å². The number of benzene rings is 1. The number of unbranched alkanes of at least 4 members (excludes halogenated alkanes) is 1. The summed E-state index contributed by atoms with van der Waals surface area (Å²) in [4.78, 5) is 89.0. The van der Waals surface area contributed by atoms with Crippen molar-refractivity contribution in [2.75, 3.05) is 59.2 Å². The van der Waals surface area contributed by atoms with E-state index in [1.54, 1.807) is 26.8 Å². The van der Waals surface area contributed by atoms with Gasteiger partial charge in [0.2, 0.25) is 11.8 Å². The second-order valence-corrected chi connectivity index (χ2v) is 15.4. The first-order valence-electron chi connectivity index (χ1n) is 20.5. The Hall–Kier alpha value is -4.99. The fourth-order valence-corrected chi connectivity index (χ4v) is 7.46. The highest BCUT2D eigenvalue weighted by Crippen LogP contribution is 2.28. The van der Waals surface area contributed by atoms with Crippen LogP contribution in [0.2, 0.25) is 0 Å². The maximum atomic E-state index is 14.0. The lowest BCUT2D eigenvalue weighted by Crippen LogP contribution is -2.56. The number of aryl methyl sites for hydroxylation is 1. The summed E-state index contributed by atoms with van der Waals surface area (Å²) in [5.74, 6) is -1.83. The summed E-state index contributed by atoms with van der Waals surface area (Å²) in [6, 6.07) is 5.40. The SMILES string of the molecule is CCCCOC(=O)N1CCN(C(=O)C(CCC(=O)OCC2CCCO2)NC(=O)c2cc(OCC(=O)N3CCCC3C(=O)NC3CCC3)c3ccc(C)cc3n2)CC1. The van der Waals surface area contributed by atoms with Crippen LogP contribution in [0.1, 0.15) is 93.6 Å². The maximum absolute atomic E-state index is 14.0. The fourth-order valence-electron chi connectivity index (χ4n) is 7.46. The number of nitrogens with one attached hydrogen (secondary N) is 2. The lowest BCUT2D eigenvalue weighted by molar-refractivity contribution is -0.147. The highest BCUT2D eigenvalue weighted by Gasteiger charge is 2.36. The third-order valence-electron chi connectivity index (χ3n) is 11.1. The molecule has 3 saturated heterocycles. The summed E-state index contributed by atoms with van der Waals surface area (Å²) >= 11 is 0. The first kappa shape index (κ1) is 41.6. The molecule has 2 aromatic rings. The van der Waals surface area contributed by atoms with E-state index in [0.717, 1.165) is 50.5 Å². The van der Waals surface area contributed by atoms with Gasteiger partial charge in [0.25, 0.3) is 11.8 Å². The number of fused-ring (bicyclic) bond motifs is 1. The van der Waals surface area contributed by atoms with Crippen LogP contribution in [0.4, 0.5) is 4.79 Å². The smallest absolute Gasteiger partial charge is 0.409 e. The van der Waals surface area contributed by atoms with Crippen LogP contribution in [0.25, 0.3) is 10.9 Å². The van der Waals surface area contributed by atoms with E-state index in [2.05, 4.69) is 15.6 Å². The van der Waals surface area contributed by atoms with Crippen LogP contribution in [-0.4, -0.2) is 139 Å². The summed E-state index contributed by atoms with van der Waals surface area (Å²) in [6.07, 6.45) is 6.89. The Balaban J connectivity index is 1.14. The van der Waals surface area contributed by atoms with Gasteiger partial charge < -0.3 is 44.3 Å². The molecule has 310 valence electrons. The van der Waals surface area contributed by atoms with Gasteiger partial charge in [-0.3, -0.25) is 24.0 Å². The molecule has 0 radical (unpaired) electrons. The monoisotopic (exact) mass is 792 g/mol. The Labute approximate surface area is 333 Å². The topological polar surface area (TPSA) is 186 Å². The summed E-state index contributed by atoms with van der Waals surface area (Å²) in [5.41, 5.74) is 1.29. The van der Waals surface area contributed by atoms with Crippen molar-refractivity contribution in [2.24, 2.45) is 0 Å². The van der Waals surface area contributed by atoms with E-state index in [1.807, 2.05) is 19.9 Å². The molecule has 3 unspecified atom stereocenters. The summed E-state index contributed by atoms with van der Waals surface area (Å²) in [5, 5.41) is 6.44. The van der Waals surface area contributed by atoms with Crippen molar-refractivity contribution in [1.29, 1.82) is 0 Å². The van der Waals surface area contributed by atoms with E-state index in [9.17, 15) is 28.8 Å². The highest BCUT2D eigenvalue weighted by atomic mass is 16.6. The lowest BCUT2D eigenvalue weighted by atomic mass is 9.93. The van der Waals surface area contributed by atoms with Gasteiger partial charge in [0, 0.05) is 63.2 Å². The number of amides is 5. The van der Waals surface area contributed by atoms with E-state index in [4.69, 9.17) is 18.9 Å². The number of aromatic nitrogens is 1. The molecule has 4 aliphatic rings. The first-order valence-corrected chi connectivity index (χ1v) is 20.5. The molecule has 6 rings (SSSR count). The number of pyridine rings is 1. The number of esters is 1. The number of carbonyl (C=O) groups excluding carboxylic acids is 6. The Morgan fingerprint density at radius 3 is 2.44 bits per heavy atom. The fraction of sp³-hybridized carbons (Fsp3) is 0.634. The third kappa shape index (κ3) is 11.1. The first-order chi connectivity index (χ1) is 27.6. The number of nitrogens with zero attached hydrogens (tertiary/aromatic N) is 4. The van der Waals surface area contributed by atoms with E-state index in [1.165, 1.54) is 6.07 Å². The number of piperazine rings is 1. The van der Waals surface area contributed by atoms with Crippen molar-refractivity contribution in [3.05, 3.63) is 35.5 Å². The van der Waals surface area contributed by atoms with Gasteiger partial charge in [0.1, 0.15) is 30.1 Å². The summed E-state index contributed by atoms with van der Waals surface area (Å²) in [6.45, 7) is 6.02. The molecular weight excluding hydrogens is 736 g/mol. The van der Waals surface area contributed by atoms with Gasteiger partial charge in [-0.2, -0.15) is 0 Å². The molecule has 1 aliphatic carbocycles. The molecular formula is C41H56N6O10. The van der Waals surface area contributed by atoms with Crippen LogP contribution in [0.5, 0.6) is 5.75 Å². The van der Waals surface area contributed by atoms with Crippen LogP contribution in [0.15, 0.2) is 24.3 Å². The molecule has 1 saturated carbocycles. The molecule has 4 fully saturated rings. The molecule has 16 nitrogen and oxygen atoms in total. The Morgan fingerprint density at radius 1 is 0.930 bits per heavy atom. The predicted molar refractivity (Wildman–Crippen MR) is 207 cm³/mol. The molecule has 3 aliphatic heterocycles. The van der Waals surface area contributed by atoms with Crippen molar-refractivity contribution in [1.82, 2.24) is 30.3 Å². The average molecular weight is 793 g/mol. The summed E-state index contributed by atoms with van der Waals surface area (Å²) < 4.78 is 22.4. The van der Waals surface area contributed by atoms with Crippen molar-refractivity contribution < 1.29 is 47.7 Å². The number of hydrogen-bond acceptors (Lipinski definition) is 11. The Bertz CT molecular complexity index is 1770. The van der Waals surface area contributed by atoms with Crippen LogP contribution in [-0.2, 0) is 33.4 Å². The number of hydrogen-bond donors (Lipinski definition) is 2. The Kier molecular flexibility index (Phi) is 14.6. The van der Waals surface area contributed by atoms with Crippen molar-refractivity contribution in [3.63, 3.8) is 0 Å². The van der Waals surface area contributed by atoms with Gasteiger partial charge in [0.15, 0.2) is 6.61 Å². The largest absolute Gasteiger partial charge is 0.483 e. The van der Waals surface area contributed by atoms with Crippen molar-refractivity contribution in [2.45, 2.75) is 109 Å². The second-order valence-electron chi connectivity index (χ2n) is 15.4. The minimum absolute atomic E-state index is 0.0376. The predicted octanol–water partition coefficient (Wildman–Crippen LogP) is 3.26. The van der Waals surface area contributed by atoms with E-state index in [-0.39, 0.29) is 87.6 Å². The van der Waals surface area contributed by atoms with Crippen LogP contribution >= 0.6 is 0 Å². The molecule has 1 aromatic carbocycles. The minimum Gasteiger partial charge on any atom is -0.483 e. The molecule has 2 N–H and O–H groups in total. The van der Waals surface area contributed by atoms with E-state index in [0.29, 0.717) is 43.5 Å². The van der Waals surface area contributed by atoms with Crippen LogP contribution in [0, 0.1) is 6.92 Å². The van der Waals surface area contributed by atoms with E-state index < -0.39 is 36.0 Å². The zero-order valence-electron chi connectivity index (χ0n) is 33.1. The quantitative estimate of drug-likeness (QED) is 0.188. The summed E-state index contributed by atoms with van der Waals surface area (Å²) in [7, 11) is 0. The molecule has 57 heavy (non-hydrogen) atoms. The van der Waals surface area contributed by atoms with Crippen molar-refractivity contribution >= 4 is 46.6 Å². The molecule has 16 heteroatoms.